The Hall–Kier alpha value is -0.140. The van der Waals surface area contributed by atoms with Gasteiger partial charge in [0.1, 0.15) is 9.84 Å². The van der Waals surface area contributed by atoms with Gasteiger partial charge >= 0.3 is 0 Å². The predicted octanol–water partition coefficient (Wildman–Crippen LogP) is 2.32. The maximum absolute atomic E-state index is 11.0. The largest absolute Gasteiger partial charge is 0.385 e. The fourth-order valence-electron chi connectivity index (χ4n) is 1.63. The molecule has 96 valence electrons. The lowest BCUT2D eigenvalue weighted by Crippen LogP contribution is -2.22. The molecule has 0 bridgehead atoms. The second-order valence-corrected chi connectivity index (χ2v) is 8.02. The Bertz CT molecular complexity index is 463. The molecule has 0 saturated heterocycles. The van der Waals surface area contributed by atoms with Gasteiger partial charge < -0.3 is 5.11 Å². The normalized spacial score (nSPS) is 15.5. The molecule has 3 nitrogen and oxygen atoms in total. The molecule has 1 rings (SSSR count). The van der Waals surface area contributed by atoms with Crippen LogP contribution < -0.4 is 0 Å². The lowest BCUT2D eigenvalue weighted by Gasteiger charge is -2.23. The molecule has 0 amide bonds. The highest BCUT2D eigenvalue weighted by molar-refractivity contribution is 14.1. The minimum absolute atomic E-state index is 0.119. The van der Waals surface area contributed by atoms with Gasteiger partial charge in [0.05, 0.1) is 5.60 Å². The third-order valence-corrected chi connectivity index (χ3v) is 4.39. The lowest BCUT2D eigenvalue weighted by atomic mass is 9.92. The Kier molecular flexibility index (Phi) is 4.97. The van der Waals surface area contributed by atoms with Crippen LogP contribution in [0.3, 0.4) is 0 Å². The number of halogens is 1. The van der Waals surface area contributed by atoms with Gasteiger partial charge in [0.2, 0.25) is 0 Å². The molecule has 0 aromatic heterocycles. The molecule has 1 unspecified atom stereocenters. The van der Waals surface area contributed by atoms with Crippen LogP contribution in [0.2, 0.25) is 0 Å². The van der Waals surface area contributed by atoms with E-state index in [0.717, 1.165) is 9.13 Å². The molecule has 0 aliphatic carbocycles. The monoisotopic (exact) mass is 368 g/mol. The number of hydrogen-bond donors (Lipinski definition) is 1. The maximum atomic E-state index is 11.0. The minimum atomic E-state index is -2.95. The first-order valence-electron chi connectivity index (χ1n) is 5.37. The van der Waals surface area contributed by atoms with Crippen LogP contribution in [0.4, 0.5) is 0 Å². The molecule has 0 aliphatic heterocycles. The molecular weight excluding hydrogens is 351 g/mol. The molecule has 0 spiro atoms. The van der Waals surface area contributed by atoms with Crippen molar-refractivity contribution in [3.8, 4) is 0 Å². The molecule has 0 fully saturated rings. The molecule has 5 heteroatoms. The average molecular weight is 368 g/mol. The van der Waals surface area contributed by atoms with E-state index < -0.39 is 15.4 Å². The Morgan fingerprint density at radius 2 is 1.82 bits per heavy atom. The van der Waals surface area contributed by atoms with E-state index >= 15 is 0 Å². The van der Waals surface area contributed by atoms with Gasteiger partial charge in [0, 0.05) is 15.6 Å². The quantitative estimate of drug-likeness (QED) is 0.812. The minimum Gasteiger partial charge on any atom is -0.385 e. The van der Waals surface area contributed by atoms with Gasteiger partial charge in [-0.1, -0.05) is 12.1 Å². The van der Waals surface area contributed by atoms with Crippen molar-refractivity contribution < 1.29 is 13.5 Å². The first kappa shape index (κ1) is 14.9. The second kappa shape index (κ2) is 5.67. The van der Waals surface area contributed by atoms with Gasteiger partial charge in [-0.15, -0.1) is 0 Å². The third-order valence-electron chi connectivity index (χ3n) is 2.64. The summed E-state index contributed by atoms with van der Waals surface area (Å²) in [4.78, 5) is 0. The van der Waals surface area contributed by atoms with E-state index in [1.165, 1.54) is 6.26 Å². The number of benzene rings is 1. The first-order valence-corrected chi connectivity index (χ1v) is 8.51. The number of sulfone groups is 1. The SMILES string of the molecule is CC(O)(CCCS(C)(=O)=O)c1ccc(I)cc1. The van der Waals surface area contributed by atoms with Crippen LogP contribution in [0.5, 0.6) is 0 Å². The number of rotatable bonds is 5. The summed E-state index contributed by atoms with van der Waals surface area (Å²) in [5.74, 6) is 0.119. The van der Waals surface area contributed by atoms with Crippen molar-refractivity contribution in [2.75, 3.05) is 12.0 Å². The summed E-state index contributed by atoms with van der Waals surface area (Å²) in [6, 6.07) is 7.62. The smallest absolute Gasteiger partial charge is 0.147 e. The van der Waals surface area contributed by atoms with E-state index in [2.05, 4.69) is 22.6 Å². The molecule has 1 N–H and O–H groups in total. The van der Waals surface area contributed by atoms with E-state index in [9.17, 15) is 13.5 Å². The zero-order valence-electron chi connectivity index (χ0n) is 9.98. The highest BCUT2D eigenvalue weighted by Gasteiger charge is 2.22. The highest BCUT2D eigenvalue weighted by atomic mass is 127. The topological polar surface area (TPSA) is 54.4 Å². The molecule has 17 heavy (non-hydrogen) atoms. The van der Waals surface area contributed by atoms with E-state index in [-0.39, 0.29) is 5.75 Å². The molecule has 1 aromatic rings. The zero-order chi connectivity index (χ0) is 13.1. The summed E-state index contributed by atoms with van der Waals surface area (Å²) < 4.78 is 23.1. The Balaban J connectivity index is 2.65. The highest BCUT2D eigenvalue weighted by Crippen LogP contribution is 2.26. The van der Waals surface area contributed by atoms with Crippen LogP contribution in [0.25, 0.3) is 0 Å². The fourth-order valence-corrected chi connectivity index (χ4v) is 2.66. The average Bonchev–Trinajstić information content (AvgIpc) is 2.15. The Morgan fingerprint density at radius 3 is 2.29 bits per heavy atom. The maximum Gasteiger partial charge on any atom is 0.147 e. The van der Waals surface area contributed by atoms with Crippen molar-refractivity contribution in [3.05, 3.63) is 33.4 Å². The van der Waals surface area contributed by atoms with Crippen LogP contribution in [0.1, 0.15) is 25.3 Å². The third kappa shape index (κ3) is 5.35. The summed E-state index contributed by atoms with van der Waals surface area (Å²) in [6.07, 6.45) is 2.13. The summed E-state index contributed by atoms with van der Waals surface area (Å²) in [6.45, 7) is 1.72. The van der Waals surface area contributed by atoms with Crippen molar-refractivity contribution in [2.45, 2.75) is 25.4 Å². The van der Waals surface area contributed by atoms with E-state index in [4.69, 9.17) is 0 Å². The zero-order valence-corrected chi connectivity index (χ0v) is 13.0. The number of hydrogen-bond acceptors (Lipinski definition) is 3. The summed E-state index contributed by atoms with van der Waals surface area (Å²) in [5.41, 5.74) is -0.138. The van der Waals surface area contributed by atoms with Crippen molar-refractivity contribution in [2.24, 2.45) is 0 Å². The molecular formula is C12H17IO3S. The van der Waals surface area contributed by atoms with E-state index in [0.29, 0.717) is 12.8 Å². The van der Waals surface area contributed by atoms with Crippen molar-refractivity contribution in [3.63, 3.8) is 0 Å². The van der Waals surface area contributed by atoms with Crippen LogP contribution in [-0.2, 0) is 15.4 Å². The van der Waals surface area contributed by atoms with Gasteiger partial charge in [-0.05, 0) is 60.1 Å². The van der Waals surface area contributed by atoms with Crippen LogP contribution in [-0.4, -0.2) is 25.5 Å². The van der Waals surface area contributed by atoms with Crippen LogP contribution in [0.15, 0.2) is 24.3 Å². The van der Waals surface area contributed by atoms with Gasteiger partial charge in [-0.25, -0.2) is 8.42 Å². The van der Waals surface area contributed by atoms with Gasteiger partial charge in [-0.2, -0.15) is 0 Å². The lowest BCUT2D eigenvalue weighted by molar-refractivity contribution is 0.0472. The molecule has 1 atom stereocenters. The molecule has 0 aliphatic rings. The Labute approximate surface area is 116 Å². The van der Waals surface area contributed by atoms with Gasteiger partial charge in [-0.3, -0.25) is 0 Å². The van der Waals surface area contributed by atoms with Crippen molar-refractivity contribution in [1.82, 2.24) is 0 Å². The molecule has 0 saturated carbocycles. The van der Waals surface area contributed by atoms with E-state index in [1.54, 1.807) is 6.92 Å². The first-order chi connectivity index (χ1) is 7.71. The van der Waals surface area contributed by atoms with E-state index in [1.807, 2.05) is 24.3 Å². The molecule has 0 radical (unpaired) electrons. The van der Waals surface area contributed by atoms with Crippen molar-refractivity contribution >= 4 is 32.4 Å². The molecule has 0 heterocycles. The summed E-state index contributed by atoms with van der Waals surface area (Å²) in [5, 5.41) is 10.3. The van der Waals surface area contributed by atoms with Crippen molar-refractivity contribution in [1.29, 1.82) is 0 Å². The standard InChI is InChI=1S/C12H17IO3S/c1-12(14,8-3-9-17(2,15)16)10-4-6-11(13)7-5-10/h4-7,14H,3,8-9H2,1-2H3. The van der Waals surface area contributed by atoms with Gasteiger partial charge in [0.15, 0.2) is 0 Å². The fraction of sp³-hybridized carbons (Fsp3) is 0.500. The van der Waals surface area contributed by atoms with Gasteiger partial charge in [0.25, 0.3) is 0 Å². The summed E-state index contributed by atoms with van der Waals surface area (Å²) in [7, 11) is -2.95. The van der Waals surface area contributed by atoms with Crippen LogP contribution >= 0.6 is 22.6 Å². The second-order valence-electron chi connectivity index (χ2n) is 4.51. The number of aliphatic hydroxyl groups is 1. The Morgan fingerprint density at radius 1 is 1.29 bits per heavy atom. The summed E-state index contributed by atoms with van der Waals surface area (Å²) >= 11 is 2.20. The molecule has 1 aromatic carbocycles. The van der Waals surface area contributed by atoms with Crippen LogP contribution in [0, 0.1) is 3.57 Å². The predicted molar refractivity (Wildman–Crippen MR) is 77.7 cm³/mol.